The monoisotopic (exact) mass is 1400 g/mol. The van der Waals surface area contributed by atoms with Gasteiger partial charge in [-0.25, -0.2) is 19.9 Å². The molecule has 6 aromatic heterocycles. The van der Waals surface area contributed by atoms with Crippen LogP contribution in [0.15, 0.2) is 339 Å². The molecule has 14 heteroatoms. The second-order valence-corrected chi connectivity index (χ2v) is 26.9. The zero-order chi connectivity index (χ0) is 78.3. The van der Waals surface area contributed by atoms with Crippen LogP contribution < -0.4 is 5.46 Å². The van der Waals surface area contributed by atoms with Crippen LogP contribution in [0.25, 0.3) is 175 Å². The Morgan fingerprint density at radius 2 is 0.615 bits per heavy atom. The van der Waals surface area contributed by atoms with E-state index in [9.17, 15) is 10.0 Å². The molecular formula is C90H58BClN8O2S2. The average molecular weight is 1400 g/mol. The van der Waals surface area contributed by atoms with Crippen molar-refractivity contribution >= 4 is 131 Å². The highest BCUT2D eigenvalue weighted by Gasteiger charge is 2.25. The lowest BCUT2D eigenvalue weighted by atomic mass is 9.79. The van der Waals surface area contributed by atoms with Gasteiger partial charge in [-0.3, -0.25) is 0 Å². The maximum Gasteiger partial charge on any atom is 0.489 e. The maximum absolute atomic E-state index is 10.4. The first kappa shape index (κ1) is 53.3. The number of halogens is 1. The number of rotatable bonds is 10. The molecule has 104 heavy (non-hydrogen) atoms. The van der Waals surface area contributed by atoms with E-state index in [1.165, 1.54) is 10.8 Å². The zero-order valence-electron chi connectivity index (χ0n) is 64.8. The Kier molecular flexibility index (Phi) is 14.0. The molecule has 0 aliphatic rings. The van der Waals surface area contributed by atoms with Crippen LogP contribution >= 0.6 is 34.3 Å². The van der Waals surface area contributed by atoms with Crippen LogP contribution in [0.5, 0.6) is 0 Å². The molecule has 0 radical (unpaired) electrons. The summed E-state index contributed by atoms with van der Waals surface area (Å²) in [6.45, 7) is 0. The third kappa shape index (κ3) is 11.8. The van der Waals surface area contributed by atoms with Gasteiger partial charge in [-0.05, 0) is 82.4 Å². The predicted molar refractivity (Wildman–Crippen MR) is 433 cm³/mol. The number of nitrogens with zero attached hydrogens (tertiary/aromatic N) is 8. The van der Waals surface area contributed by atoms with Gasteiger partial charge in [0.1, 0.15) is 0 Å². The van der Waals surface area contributed by atoms with Crippen molar-refractivity contribution in [2.45, 2.75) is 0 Å². The Hall–Kier alpha value is -12.6. The summed E-state index contributed by atoms with van der Waals surface area (Å²) in [6.07, 6.45) is 0. The van der Waals surface area contributed by atoms with E-state index in [1.54, 1.807) is 46.9 Å². The minimum Gasteiger partial charge on any atom is -0.423 e. The Morgan fingerprint density at radius 3 is 1.05 bits per heavy atom. The van der Waals surface area contributed by atoms with Crippen LogP contribution in [0.1, 0.15) is 13.7 Å². The number of aromatic nitrogens is 8. The second-order valence-electron chi connectivity index (χ2n) is 24.5. The Bertz CT molecular complexity index is 7100. The van der Waals surface area contributed by atoms with E-state index < -0.39 is 43.4 Å². The van der Waals surface area contributed by atoms with E-state index in [0.29, 0.717) is 28.2 Å². The van der Waals surface area contributed by atoms with Gasteiger partial charge < -0.3 is 19.2 Å². The second kappa shape index (κ2) is 27.4. The third-order valence-corrected chi connectivity index (χ3v) is 21.1. The van der Waals surface area contributed by atoms with E-state index in [-0.39, 0.29) is 58.1 Å². The summed E-state index contributed by atoms with van der Waals surface area (Å²) in [5, 5.41) is 29.6. The van der Waals surface area contributed by atoms with Gasteiger partial charge in [0.15, 0.2) is 29.1 Å². The summed E-state index contributed by atoms with van der Waals surface area (Å²) >= 11 is 9.24. The molecule has 2 N–H and O–H groups in total. The predicted octanol–water partition coefficient (Wildman–Crippen LogP) is 22.4. The van der Waals surface area contributed by atoms with Crippen molar-refractivity contribution in [1.29, 1.82) is 0 Å². The summed E-state index contributed by atoms with van der Waals surface area (Å²) in [5.74, 6) is 0.857. The lowest BCUT2D eigenvalue weighted by Gasteiger charge is -2.13. The molecule has 0 bridgehead atoms. The van der Waals surface area contributed by atoms with E-state index in [4.69, 9.17) is 40.3 Å². The first-order valence-corrected chi connectivity index (χ1v) is 35.3. The summed E-state index contributed by atoms with van der Waals surface area (Å²) in [7, 11) is -1.57. The molecule has 20 aromatic rings. The standard InChI is InChI=1S/C45H28N4S.C30H20BNO2S.C15H10ClN3/c1-4-15-29(16-5-1)33-23-14-24-36-37-27-32(49-39-25-12-10-21-34(39)35-22-11-13-26-40(35)49)28-38(42(37)50-41(33)36)45-47-43(30-17-6-2-7-18-30)46-44(48-45)31-19-8-3-9-20-31;33-31(34)26-18-20(32-27-15-6-4-11-22(27)23-12-5-7-16-28(23)32)17-25-24-14-8-13-21(29(24)35-30(25)26)19-9-2-1-3-10-19;16-15-18-13(11-7-3-1-4-8-11)17-14(19-15)12-9-5-2-6-10-12/h1-28H;1-18,33-34H;1-10H/i2D,6D,7D,17D,18D;;1D,3D,4D,7D,8D. The molecule has 0 aliphatic heterocycles. The molecule has 0 saturated heterocycles. The molecule has 492 valence electrons. The number of thiophene rings is 2. The normalized spacial score (nSPS) is 12.8. The van der Waals surface area contributed by atoms with Gasteiger partial charge in [-0.2, -0.15) is 9.97 Å². The number of benzene rings is 14. The summed E-state index contributed by atoms with van der Waals surface area (Å²) in [4.78, 5) is 27.1. The van der Waals surface area contributed by atoms with E-state index in [1.807, 2.05) is 103 Å². The van der Waals surface area contributed by atoms with Crippen LogP contribution in [0.4, 0.5) is 0 Å². The van der Waals surface area contributed by atoms with Crippen molar-refractivity contribution in [2.24, 2.45) is 0 Å². The highest BCUT2D eigenvalue weighted by Crippen LogP contribution is 2.47. The Morgan fingerprint density at radius 1 is 0.288 bits per heavy atom. The first-order chi connectivity index (χ1) is 55.5. The van der Waals surface area contributed by atoms with Gasteiger partial charge in [0.05, 0.1) is 35.8 Å². The van der Waals surface area contributed by atoms with Gasteiger partial charge in [-0.15, -0.1) is 22.7 Å². The SMILES string of the molecule is OB(O)c1cc(-n2c3ccccc3c3ccccc32)cc2c1sc1c(-c3ccccc3)cccc12.[2H]c1c([2H])c([2H])c(-c2nc(-c3ccccc3)nc(-c3cc(-n4c5ccccc5c5ccccc54)cc4c3sc3c(-c5ccccc5)cccc34)n2)c([2H])c1[2H].[2H]c1c([2H])c([2H])c(-c2nc(Cl)nc(-c3ccccc3)n2)c([2H])c1[2H]. The lowest BCUT2D eigenvalue weighted by molar-refractivity contribution is 0.426. The van der Waals surface area contributed by atoms with Crippen LogP contribution in [0.3, 0.4) is 0 Å². The summed E-state index contributed by atoms with van der Waals surface area (Å²) in [5.41, 5.74) is 13.1. The van der Waals surface area contributed by atoms with Gasteiger partial charge in [0.25, 0.3) is 0 Å². The van der Waals surface area contributed by atoms with E-state index in [0.717, 1.165) is 112 Å². The summed E-state index contributed by atoms with van der Waals surface area (Å²) in [6, 6.07) is 89.5. The van der Waals surface area contributed by atoms with Crippen molar-refractivity contribution in [1.82, 2.24) is 39.0 Å². The zero-order valence-corrected chi connectivity index (χ0v) is 57.2. The smallest absolute Gasteiger partial charge is 0.423 e. The molecule has 0 amide bonds. The van der Waals surface area contributed by atoms with Gasteiger partial charge in [-0.1, -0.05) is 291 Å². The highest BCUT2D eigenvalue weighted by molar-refractivity contribution is 7.27. The van der Waals surface area contributed by atoms with Crippen LogP contribution in [0.2, 0.25) is 5.28 Å². The van der Waals surface area contributed by atoms with Crippen molar-refractivity contribution in [3.63, 3.8) is 0 Å². The van der Waals surface area contributed by atoms with Crippen molar-refractivity contribution < 1.29 is 23.8 Å². The number of para-hydroxylation sites is 4. The molecular weight excluding hydrogens is 1340 g/mol. The molecule has 0 saturated carbocycles. The van der Waals surface area contributed by atoms with Crippen molar-refractivity contribution in [3.05, 3.63) is 345 Å². The Balaban J connectivity index is 0.000000130. The van der Waals surface area contributed by atoms with E-state index >= 15 is 0 Å². The average Bonchev–Trinajstić information content (AvgIpc) is 1.56. The third-order valence-electron chi connectivity index (χ3n) is 18.3. The molecule has 0 spiro atoms. The van der Waals surface area contributed by atoms with Crippen molar-refractivity contribution in [2.75, 3.05) is 0 Å². The molecule has 0 aliphatic carbocycles. The minimum atomic E-state index is -1.57. The Labute approximate surface area is 625 Å². The molecule has 0 unspecified atom stereocenters. The lowest BCUT2D eigenvalue weighted by Crippen LogP contribution is -2.30. The first-order valence-electron chi connectivity index (χ1n) is 38.3. The topological polar surface area (TPSA) is 128 Å². The molecule has 20 rings (SSSR count). The maximum atomic E-state index is 10.4. The van der Waals surface area contributed by atoms with Crippen LogP contribution in [0, 0.1) is 0 Å². The fraction of sp³-hybridized carbons (Fsp3) is 0. The van der Waals surface area contributed by atoms with Gasteiger partial charge in [0.2, 0.25) is 5.28 Å². The largest absolute Gasteiger partial charge is 0.489 e. The molecule has 0 atom stereocenters. The fourth-order valence-electron chi connectivity index (χ4n) is 13.7. The summed E-state index contributed by atoms with van der Waals surface area (Å²) < 4.78 is 90.6. The van der Waals surface area contributed by atoms with Crippen molar-refractivity contribution in [3.8, 4) is 90.6 Å². The molecule has 6 heterocycles. The number of hydrogen-bond donors (Lipinski definition) is 2. The fourth-order valence-corrected chi connectivity index (χ4v) is 16.6. The minimum absolute atomic E-state index is 0.00218. The highest BCUT2D eigenvalue weighted by atomic mass is 35.5. The molecule has 0 fully saturated rings. The quantitative estimate of drug-likeness (QED) is 0.130. The van der Waals surface area contributed by atoms with E-state index in [2.05, 4.69) is 176 Å². The number of fused-ring (bicyclic) bond motifs is 12. The molecule has 14 aromatic carbocycles. The van der Waals surface area contributed by atoms with Gasteiger partial charge >= 0.3 is 7.12 Å². The van der Waals surface area contributed by atoms with Crippen LogP contribution in [-0.2, 0) is 0 Å². The van der Waals surface area contributed by atoms with Crippen LogP contribution in [-0.4, -0.2) is 56.2 Å². The number of hydrogen-bond acceptors (Lipinski definition) is 10. The van der Waals surface area contributed by atoms with Gasteiger partial charge in [0, 0.05) is 107 Å². The molecule has 10 nitrogen and oxygen atoms in total.